The molecule has 0 aliphatic heterocycles. The summed E-state index contributed by atoms with van der Waals surface area (Å²) in [6, 6.07) is 3.02. The molecule has 1 aromatic rings. The van der Waals surface area contributed by atoms with E-state index in [0.717, 1.165) is 5.56 Å². The van der Waals surface area contributed by atoms with Gasteiger partial charge in [0.15, 0.2) is 0 Å². The average Bonchev–Trinajstić information content (AvgIpc) is 2.20. The first-order chi connectivity index (χ1) is 6.97. The van der Waals surface area contributed by atoms with E-state index in [1.807, 2.05) is 13.8 Å². The Morgan fingerprint density at radius 2 is 2.00 bits per heavy atom. The van der Waals surface area contributed by atoms with Crippen LogP contribution in [-0.4, -0.2) is 7.11 Å². The lowest BCUT2D eigenvalue weighted by molar-refractivity contribution is 0.401. The standard InChI is InChI=1S/C11H13BrClFO/c1-6(2)11(13)7-4-8(12)9(14)5-10(7)15-3/h4-6,11H,1-3H3. The highest BCUT2D eigenvalue weighted by atomic mass is 79.9. The zero-order chi connectivity index (χ0) is 11.6. The summed E-state index contributed by atoms with van der Waals surface area (Å²) < 4.78 is 18.8. The first-order valence-electron chi connectivity index (χ1n) is 4.64. The molecule has 0 saturated heterocycles. The van der Waals surface area contributed by atoms with Crippen molar-refractivity contribution in [1.82, 2.24) is 0 Å². The topological polar surface area (TPSA) is 9.23 Å². The van der Waals surface area contributed by atoms with Gasteiger partial charge in [0, 0.05) is 11.6 Å². The van der Waals surface area contributed by atoms with Gasteiger partial charge < -0.3 is 4.74 Å². The second-order valence-corrected chi connectivity index (χ2v) is 4.98. The predicted octanol–water partition coefficient (Wildman–Crippen LogP) is 4.53. The van der Waals surface area contributed by atoms with Crippen molar-refractivity contribution in [3.8, 4) is 5.75 Å². The highest BCUT2D eigenvalue weighted by Gasteiger charge is 2.19. The molecular formula is C11H13BrClFO. The fourth-order valence-corrected chi connectivity index (χ4v) is 1.83. The van der Waals surface area contributed by atoms with Crippen molar-refractivity contribution in [1.29, 1.82) is 0 Å². The molecule has 1 nitrogen and oxygen atoms in total. The minimum absolute atomic E-state index is 0.183. The maximum atomic E-state index is 13.2. The second-order valence-electron chi connectivity index (χ2n) is 3.65. The molecule has 15 heavy (non-hydrogen) atoms. The molecule has 0 heterocycles. The largest absolute Gasteiger partial charge is 0.496 e. The van der Waals surface area contributed by atoms with Crippen LogP contribution in [0.1, 0.15) is 24.8 Å². The summed E-state index contributed by atoms with van der Waals surface area (Å²) in [5, 5.41) is -0.183. The van der Waals surface area contributed by atoms with Crippen molar-refractivity contribution in [3.63, 3.8) is 0 Å². The van der Waals surface area contributed by atoms with Gasteiger partial charge in [0.25, 0.3) is 0 Å². The zero-order valence-corrected chi connectivity index (χ0v) is 11.2. The van der Waals surface area contributed by atoms with Crippen molar-refractivity contribution < 1.29 is 9.13 Å². The lowest BCUT2D eigenvalue weighted by Gasteiger charge is -2.17. The van der Waals surface area contributed by atoms with Gasteiger partial charge >= 0.3 is 0 Å². The molecule has 0 bridgehead atoms. The molecule has 0 spiro atoms. The highest BCUT2D eigenvalue weighted by molar-refractivity contribution is 9.10. The number of alkyl halides is 1. The minimum Gasteiger partial charge on any atom is -0.496 e. The van der Waals surface area contributed by atoms with E-state index in [-0.39, 0.29) is 17.1 Å². The van der Waals surface area contributed by atoms with Gasteiger partial charge in [-0.15, -0.1) is 11.6 Å². The third-order valence-electron chi connectivity index (χ3n) is 2.16. The van der Waals surface area contributed by atoms with Gasteiger partial charge in [0.1, 0.15) is 11.6 Å². The fraction of sp³-hybridized carbons (Fsp3) is 0.455. The summed E-state index contributed by atoms with van der Waals surface area (Å²) >= 11 is 9.36. The molecule has 0 amide bonds. The van der Waals surface area contributed by atoms with Crippen LogP contribution in [0.15, 0.2) is 16.6 Å². The quantitative estimate of drug-likeness (QED) is 0.744. The Balaban J connectivity index is 3.21. The summed E-state index contributed by atoms with van der Waals surface area (Å²) in [6.07, 6.45) is 0. The summed E-state index contributed by atoms with van der Waals surface area (Å²) in [7, 11) is 1.51. The van der Waals surface area contributed by atoms with E-state index in [1.165, 1.54) is 13.2 Å². The number of halogens is 3. The molecule has 1 unspecified atom stereocenters. The summed E-state index contributed by atoms with van der Waals surface area (Å²) in [4.78, 5) is 0. The first kappa shape index (κ1) is 12.8. The Morgan fingerprint density at radius 1 is 1.40 bits per heavy atom. The smallest absolute Gasteiger partial charge is 0.141 e. The van der Waals surface area contributed by atoms with Crippen molar-refractivity contribution in [2.45, 2.75) is 19.2 Å². The molecule has 1 aromatic carbocycles. The fourth-order valence-electron chi connectivity index (χ4n) is 1.30. The van der Waals surface area contributed by atoms with Crippen molar-refractivity contribution >= 4 is 27.5 Å². The highest BCUT2D eigenvalue weighted by Crippen LogP contribution is 2.37. The minimum atomic E-state index is -0.344. The molecule has 4 heteroatoms. The lowest BCUT2D eigenvalue weighted by atomic mass is 10.0. The summed E-state index contributed by atoms with van der Waals surface area (Å²) in [6.45, 7) is 4.02. The average molecular weight is 296 g/mol. The Bertz CT molecular complexity index is 355. The van der Waals surface area contributed by atoms with Crippen molar-refractivity contribution in [3.05, 3.63) is 28.0 Å². The third kappa shape index (κ3) is 2.85. The van der Waals surface area contributed by atoms with Crippen molar-refractivity contribution in [2.24, 2.45) is 5.92 Å². The third-order valence-corrected chi connectivity index (χ3v) is 3.50. The molecule has 1 atom stereocenters. The van der Waals surface area contributed by atoms with E-state index in [4.69, 9.17) is 16.3 Å². The van der Waals surface area contributed by atoms with Gasteiger partial charge in [-0.3, -0.25) is 0 Å². The number of hydrogen-bond donors (Lipinski definition) is 0. The monoisotopic (exact) mass is 294 g/mol. The molecule has 84 valence electrons. The summed E-state index contributed by atoms with van der Waals surface area (Å²) in [5.74, 6) is 0.408. The van der Waals surface area contributed by atoms with Crippen LogP contribution in [0.5, 0.6) is 5.75 Å². The molecule has 0 aromatic heterocycles. The van der Waals surface area contributed by atoms with Crippen LogP contribution in [0.25, 0.3) is 0 Å². The zero-order valence-electron chi connectivity index (χ0n) is 8.85. The van der Waals surface area contributed by atoms with Crippen LogP contribution in [0.3, 0.4) is 0 Å². The molecule has 0 fully saturated rings. The van der Waals surface area contributed by atoms with Crippen molar-refractivity contribution in [2.75, 3.05) is 7.11 Å². The maximum Gasteiger partial charge on any atom is 0.141 e. The molecule has 0 N–H and O–H groups in total. The Kier molecular flexibility index (Phi) is 4.41. The van der Waals surface area contributed by atoms with E-state index >= 15 is 0 Å². The van der Waals surface area contributed by atoms with E-state index in [1.54, 1.807) is 6.07 Å². The van der Waals surface area contributed by atoms with Gasteiger partial charge in [-0.2, -0.15) is 0 Å². The Labute approximate surface area is 103 Å². The number of ether oxygens (including phenoxy) is 1. The van der Waals surface area contributed by atoms with E-state index < -0.39 is 0 Å². The van der Waals surface area contributed by atoms with E-state index in [2.05, 4.69) is 15.9 Å². The van der Waals surface area contributed by atoms with Crippen LogP contribution < -0.4 is 4.74 Å². The van der Waals surface area contributed by atoms with Gasteiger partial charge in [-0.1, -0.05) is 13.8 Å². The van der Waals surface area contributed by atoms with Crippen LogP contribution in [0, 0.1) is 11.7 Å². The van der Waals surface area contributed by atoms with Gasteiger partial charge in [0.2, 0.25) is 0 Å². The van der Waals surface area contributed by atoms with Crippen LogP contribution in [0.4, 0.5) is 4.39 Å². The molecule has 0 saturated carbocycles. The van der Waals surface area contributed by atoms with Gasteiger partial charge in [0.05, 0.1) is 17.0 Å². The van der Waals surface area contributed by atoms with E-state index in [0.29, 0.717) is 10.2 Å². The second kappa shape index (κ2) is 5.17. The van der Waals surface area contributed by atoms with E-state index in [9.17, 15) is 4.39 Å². The molecule has 0 aliphatic carbocycles. The van der Waals surface area contributed by atoms with Crippen LogP contribution in [0.2, 0.25) is 0 Å². The lowest BCUT2D eigenvalue weighted by Crippen LogP contribution is -2.03. The normalized spacial score (nSPS) is 13.0. The SMILES string of the molecule is COc1cc(F)c(Br)cc1C(Cl)C(C)C. The number of rotatable bonds is 3. The van der Waals surface area contributed by atoms with Gasteiger partial charge in [-0.05, 0) is 27.9 Å². The number of benzene rings is 1. The number of hydrogen-bond acceptors (Lipinski definition) is 1. The number of methoxy groups -OCH3 is 1. The Morgan fingerprint density at radius 3 is 2.47 bits per heavy atom. The maximum absolute atomic E-state index is 13.2. The van der Waals surface area contributed by atoms with Gasteiger partial charge in [-0.25, -0.2) is 4.39 Å². The first-order valence-corrected chi connectivity index (χ1v) is 5.87. The molecule has 1 rings (SSSR count). The molecule has 0 radical (unpaired) electrons. The Hall–Kier alpha value is -0.280. The molecular weight excluding hydrogens is 282 g/mol. The summed E-state index contributed by atoms with van der Waals surface area (Å²) in [5.41, 5.74) is 0.808. The predicted molar refractivity (Wildman–Crippen MR) is 64.1 cm³/mol. The van der Waals surface area contributed by atoms with Crippen LogP contribution >= 0.6 is 27.5 Å². The van der Waals surface area contributed by atoms with Crippen LogP contribution in [-0.2, 0) is 0 Å². The molecule has 0 aliphatic rings.